The number of rotatable bonds is 9. The van der Waals surface area contributed by atoms with Crippen molar-refractivity contribution in [3.05, 3.63) is 22.3 Å². The van der Waals surface area contributed by atoms with Gasteiger partial charge in [0.1, 0.15) is 0 Å². The summed E-state index contributed by atoms with van der Waals surface area (Å²) in [4.78, 5) is 20.9. The number of carbonyl (C=O) groups is 1. The van der Waals surface area contributed by atoms with Gasteiger partial charge in [-0.05, 0) is 72.8 Å². The van der Waals surface area contributed by atoms with Gasteiger partial charge in [-0.1, -0.05) is 48.8 Å². The van der Waals surface area contributed by atoms with Gasteiger partial charge < -0.3 is 11.1 Å². The first-order valence-corrected chi connectivity index (χ1v) is 14.9. The van der Waals surface area contributed by atoms with Gasteiger partial charge in [0.25, 0.3) is 16.1 Å². The fraction of sp³-hybridized carbons (Fsp3) is 0.750. The van der Waals surface area contributed by atoms with Gasteiger partial charge in [0, 0.05) is 13.1 Å². The van der Waals surface area contributed by atoms with Crippen molar-refractivity contribution < 1.29 is 26.4 Å². The monoisotopic (exact) mass is 552 g/mol. The molecule has 0 rings (SSSR count). The highest BCUT2D eigenvalue weighted by atomic mass is 32.2. The molecule has 0 aliphatic heterocycles. The van der Waals surface area contributed by atoms with Crippen molar-refractivity contribution in [2.24, 2.45) is 22.0 Å². The van der Waals surface area contributed by atoms with Crippen LogP contribution in [0.5, 0.6) is 0 Å². The molecule has 0 spiro atoms. The van der Waals surface area contributed by atoms with Gasteiger partial charge in [-0.25, -0.2) is 31.1 Å². The summed E-state index contributed by atoms with van der Waals surface area (Å²) in [7, 11) is -7.11. The second-order valence-electron chi connectivity index (χ2n) is 9.69. The first-order chi connectivity index (χ1) is 16.2. The van der Waals surface area contributed by atoms with Crippen LogP contribution < -0.4 is 15.8 Å². The second kappa shape index (κ2) is 18.3. The highest BCUT2D eigenvalue weighted by Gasteiger charge is 2.19. The summed E-state index contributed by atoms with van der Waals surface area (Å²) < 4.78 is 48.6. The molecule has 212 valence electrons. The van der Waals surface area contributed by atoms with Crippen molar-refractivity contribution in [2.45, 2.75) is 93.6 Å². The minimum absolute atomic E-state index is 0.317. The van der Waals surface area contributed by atoms with Gasteiger partial charge in [0.2, 0.25) is 10.0 Å². The van der Waals surface area contributed by atoms with E-state index in [4.69, 9.17) is 5.73 Å². The van der Waals surface area contributed by atoms with Gasteiger partial charge >= 0.3 is 6.03 Å². The Morgan fingerprint density at radius 2 is 1.22 bits per heavy atom. The maximum atomic E-state index is 11.5. The fourth-order valence-electron chi connectivity index (χ4n) is 2.59. The average molecular weight is 553 g/mol. The van der Waals surface area contributed by atoms with Gasteiger partial charge in [-0.3, -0.25) is 0 Å². The Labute approximate surface area is 219 Å². The van der Waals surface area contributed by atoms with Gasteiger partial charge in [-0.15, -0.1) is 0 Å². The topological polar surface area (TPSA) is 165 Å². The third-order valence-electron chi connectivity index (χ3n) is 4.95. The van der Waals surface area contributed by atoms with E-state index in [1.54, 1.807) is 0 Å². The van der Waals surface area contributed by atoms with Crippen LogP contribution in [0.1, 0.15) is 83.1 Å². The SMILES string of the molecule is CC(C)=C(CN)C(C)C.CC(C)=C(CNC(=O)NS(=O)(=O)C(C)C)C(C)C.CC(C)S(=O)(=O)N=C=O. The minimum Gasteiger partial charge on any atom is -0.334 e. The molecule has 36 heavy (non-hydrogen) atoms. The van der Waals surface area contributed by atoms with E-state index in [0.717, 1.165) is 17.2 Å². The lowest BCUT2D eigenvalue weighted by molar-refractivity contribution is 0.246. The number of allylic oxidation sites excluding steroid dienone is 2. The van der Waals surface area contributed by atoms with Gasteiger partial charge in [-0.2, -0.15) is 0 Å². The summed E-state index contributed by atoms with van der Waals surface area (Å²) in [5.74, 6) is 0.928. The van der Waals surface area contributed by atoms with Crippen LogP contribution in [0.25, 0.3) is 0 Å². The first kappa shape index (κ1) is 38.5. The number of nitrogens with zero attached hydrogens (tertiary/aromatic N) is 1. The zero-order chi connectivity index (χ0) is 29.4. The molecule has 12 heteroatoms. The number of nitrogens with one attached hydrogen (secondary N) is 2. The predicted octanol–water partition coefficient (Wildman–Crippen LogP) is 4.01. The largest absolute Gasteiger partial charge is 0.334 e. The summed E-state index contributed by atoms with van der Waals surface area (Å²) in [6, 6.07) is -0.678. The molecule has 2 amide bonds. The third-order valence-corrected chi connectivity index (χ3v) is 8.18. The normalized spacial score (nSPS) is 11.0. The number of isocyanates is 1. The predicted molar refractivity (Wildman–Crippen MR) is 148 cm³/mol. The van der Waals surface area contributed by atoms with Crippen molar-refractivity contribution in [1.82, 2.24) is 10.0 Å². The molecule has 0 saturated carbocycles. The Morgan fingerprint density at radius 3 is 1.42 bits per heavy atom. The molecule has 10 nitrogen and oxygen atoms in total. The van der Waals surface area contributed by atoms with Gasteiger partial charge in [0.05, 0.1) is 10.5 Å². The fourth-order valence-corrected chi connectivity index (χ4v) is 3.47. The first-order valence-electron chi connectivity index (χ1n) is 11.8. The van der Waals surface area contributed by atoms with Crippen molar-refractivity contribution in [3.63, 3.8) is 0 Å². The van der Waals surface area contributed by atoms with Crippen LogP contribution >= 0.6 is 0 Å². The molecule has 0 saturated heterocycles. The van der Waals surface area contributed by atoms with Gasteiger partial charge in [0.15, 0.2) is 0 Å². The molecule has 0 atom stereocenters. The highest BCUT2D eigenvalue weighted by molar-refractivity contribution is 7.91. The Morgan fingerprint density at radius 1 is 0.806 bits per heavy atom. The standard InChI is InChI=1S/C12H24N2O3S.C8H17N.C4H7NO3S/c1-8(2)11(9(3)4)7-13-12(15)14-18(16,17)10(5)6;1-6(2)8(5-9)7(3)4;1-4(2)9(7,8)5-3-6/h8,10H,7H2,1-6H3,(H2,13,14,15);6H,5,9H2,1-4H3;4H,1-2H3. The lowest BCUT2D eigenvalue weighted by atomic mass is 9.99. The van der Waals surface area contributed by atoms with Crippen LogP contribution in [0, 0.1) is 11.8 Å². The van der Waals surface area contributed by atoms with E-state index >= 15 is 0 Å². The molecule has 0 radical (unpaired) electrons. The van der Waals surface area contributed by atoms with E-state index in [1.165, 1.54) is 38.8 Å². The molecule has 0 aliphatic carbocycles. The van der Waals surface area contributed by atoms with Crippen LogP contribution in [0.3, 0.4) is 0 Å². The summed E-state index contributed by atoms with van der Waals surface area (Å²) in [5.41, 5.74) is 10.5. The van der Waals surface area contributed by atoms with E-state index in [0.29, 0.717) is 24.9 Å². The lowest BCUT2D eigenvalue weighted by Gasteiger charge is -2.16. The molecule has 0 aromatic rings. The van der Waals surface area contributed by atoms with Crippen molar-refractivity contribution in [3.8, 4) is 0 Å². The molecule has 0 unspecified atom stereocenters. The van der Waals surface area contributed by atoms with Crippen molar-refractivity contribution in [1.29, 1.82) is 0 Å². The van der Waals surface area contributed by atoms with E-state index in [9.17, 15) is 26.4 Å². The average Bonchev–Trinajstić information content (AvgIpc) is 2.67. The van der Waals surface area contributed by atoms with E-state index < -0.39 is 36.6 Å². The maximum Gasteiger partial charge on any atom is 0.328 e. The molecule has 0 bridgehead atoms. The summed E-state index contributed by atoms with van der Waals surface area (Å²) in [5, 5.41) is 1.30. The number of hydrogen-bond donors (Lipinski definition) is 3. The molecule has 0 aliphatic rings. The Bertz CT molecular complexity index is 995. The van der Waals surface area contributed by atoms with Crippen LogP contribution in [-0.2, 0) is 24.8 Å². The molecule has 0 fully saturated rings. The van der Waals surface area contributed by atoms with Crippen LogP contribution in [0.2, 0.25) is 0 Å². The second-order valence-corrected chi connectivity index (χ2v) is 14.1. The van der Waals surface area contributed by atoms with E-state index in [-0.39, 0.29) is 0 Å². The molecule has 4 N–H and O–H groups in total. The van der Waals surface area contributed by atoms with Crippen molar-refractivity contribution in [2.75, 3.05) is 13.1 Å². The molecule has 0 aromatic heterocycles. The molecular weight excluding hydrogens is 504 g/mol. The van der Waals surface area contributed by atoms with E-state index in [1.807, 2.05) is 32.4 Å². The number of sulfonamides is 2. The van der Waals surface area contributed by atoms with Crippen molar-refractivity contribution >= 4 is 32.2 Å². The Hall–Kier alpha value is -2.01. The van der Waals surface area contributed by atoms with Crippen LogP contribution in [-0.4, -0.2) is 52.5 Å². The molecular formula is C24H48N4O6S2. The molecule has 0 heterocycles. The maximum absolute atomic E-state index is 11.5. The summed E-state index contributed by atoms with van der Waals surface area (Å²) in [6.07, 6.45) is 0.976. The third kappa shape index (κ3) is 17.4. The van der Waals surface area contributed by atoms with E-state index in [2.05, 4.69) is 37.4 Å². The Kier molecular flexibility index (Phi) is 19.5. The zero-order valence-corrected chi connectivity index (χ0v) is 25.6. The van der Waals surface area contributed by atoms with Crippen LogP contribution in [0.15, 0.2) is 26.7 Å². The summed E-state index contributed by atoms with van der Waals surface area (Å²) >= 11 is 0. The lowest BCUT2D eigenvalue weighted by Crippen LogP contribution is -2.43. The Balaban J connectivity index is -0.000000507. The molecule has 0 aromatic carbocycles. The zero-order valence-electron chi connectivity index (χ0n) is 24.0. The number of amides is 2. The number of hydrogen-bond acceptors (Lipinski definition) is 7. The summed E-state index contributed by atoms with van der Waals surface area (Å²) in [6.45, 7) is 23.6. The van der Waals surface area contributed by atoms with Crippen LogP contribution in [0.4, 0.5) is 4.79 Å². The smallest absolute Gasteiger partial charge is 0.328 e. The minimum atomic E-state index is -3.56. The number of carbonyl (C=O) groups excluding carboxylic acids is 2. The number of nitrogens with two attached hydrogens (primary N) is 1. The highest BCUT2D eigenvalue weighted by Crippen LogP contribution is 2.13. The quantitative estimate of drug-likeness (QED) is 0.221. The number of urea groups is 1.